The van der Waals surface area contributed by atoms with Gasteiger partial charge in [0.1, 0.15) is 0 Å². The van der Waals surface area contributed by atoms with Gasteiger partial charge in [0.05, 0.1) is 11.4 Å². The van der Waals surface area contributed by atoms with E-state index in [2.05, 4.69) is 16.0 Å². The molecule has 0 saturated heterocycles. The van der Waals surface area contributed by atoms with Gasteiger partial charge in [0.15, 0.2) is 0 Å². The standard InChI is InChI=1S/C17H26N4O4S/c18-26(24,25)15-8-6-13(7-9-15)10-11-19-16(22)12-20-17(23)21-14-4-2-1-3-5-14/h6-9,14H,1-5,10-12H2,(H,19,22)(H2,18,24,25)(H2,20,21,23). The molecule has 2 rings (SSSR count). The van der Waals surface area contributed by atoms with Crippen LogP contribution in [0.25, 0.3) is 0 Å². The summed E-state index contributed by atoms with van der Waals surface area (Å²) in [6, 6.07) is 6.06. The molecular weight excluding hydrogens is 356 g/mol. The largest absolute Gasteiger partial charge is 0.354 e. The van der Waals surface area contributed by atoms with E-state index in [0.29, 0.717) is 13.0 Å². The second-order valence-corrected chi connectivity index (χ2v) is 8.01. The van der Waals surface area contributed by atoms with Crippen LogP contribution in [-0.2, 0) is 21.2 Å². The lowest BCUT2D eigenvalue weighted by Gasteiger charge is -2.22. The lowest BCUT2D eigenvalue weighted by atomic mass is 9.96. The molecule has 8 nitrogen and oxygen atoms in total. The van der Waals surface area contributed by atoms with Crippen molar-refractivity contribution in [2.45, 2.75) is 49.5 Å². The monoisotopic (exact) mass is 382 g/mol. The highest BCUT2D eigenvalue weighted by atomic mass is 32.2. The van der Waals surface area contributed by atoms with E-state index >= 15 is 0 Å². The number of hydrogen-bond acceptors (Lipinski definition) is 4. The number of benzene rings is 1. The summed E-state index contributed by atoms with van der Waals surface area (Å²) in [6.45, 7) is 0.308. The maximum Gasteiger partial charge on any atom is 0.315 e. The number of rotatable bonds is 7. The quantitative estimate of drug-likeness (QED) is 0.551. The number of nitrogens with two attached hydrogens (primary N) is 1. The predicted octanol–water partition coefficient (Wildman–Crippen LogP) is 0.625. The van der Waals surface area contributed by atoms with Gasteiger partial charge in [-0.15, -0.1) is 0 Å². The number of urea groups is 1. The van der Waals surface area contributed by atoms with Crippen molar-refractivity contribution in [3.8, 4) is 0 Å². The van der Waals surface area contributed by atoms with Crippen molar-refractivity contribution in [2.75, 3.05) is 13.1 Å². The Kier molecular flexibility index (Phi) is 7.40. The number of carbonyl (C=O) groups excluding carboxylic acids is 2. The fraction of sp³-hybridized carbons (Fsp3) is 0.529. The van der Waals surface area contributed by atoms with Crippen LogP contribution in [-0.4, -0.2) is 39.5 Å². The molecule has 0 heterocycles. The molecule has 3 amide bonds. The van der Waals surface area contributed by atoms with Crippen molar-refractivity contribution < 1.29 is 18.0 Å². The highest BCUT2D eigenvalue weighted by Crippen LogP contribution is 2.17. The minimum atomic E-state index is -3.70. The van der Waals surface area contributed by atoms with E-state index in [1.54, 1.807) is 12.1 Å². The predicted molar refractivity (Wildman–Crippen MR) is 97.9 cm³/mol. The van der Waals surface area contributed by atoms with Gasteiger partial charge in [0, 0.05) is 12.6 Å². The number of amides is 3. The maximum atomic E-state index is 11.8. The van der Waals surface area contributed by atoms with Crippen molar-refractivity contribution in [1.29, 1.82) is 0 Å². The molecule has 0 aromatic heterocycles. The first kappa shape index (κ1) is 20.2. The zero-order chi connectivity index (χ0) is 19.0. The van der Waals surface area contributed by atoms with Gasteiger partial charge in [0.25, 0.3) is 0 Å². The Morgan fingerprint density at radius 2 is 1.69 bits per heavy atom. The SMILES string of the molecule is NS(=O)(=O)c1ccc(CCNC(=O)CNC(=O)NC2CCCCC2)cc1. The molecule has 0 atom stereocenters. The highest BCUT2D eigenvalue weighted by molar-refractivity contribution is 7.89. The molecule has 1 saturated carbocycles. The lowest BCUT2D eigenvalue weighted by Crippen LogP contribution is -2.46. The zero-order valence-electron chi connectivity index (χ0n) is 14.7. The second kappa shape index (κ2) is 9.54. The van der Waals surface area contributed by atoms with Gasteiger partial charge in [-0.1, -0.05) is 31.4 Å². The molecule has 1 fully saturated rings. The minimum absolute atomic E-state index is 0.0541. The highest BCUT2D eigenvalue weighted by Gasteiger charge is 2.15. The van der Waals surface area contributed by atoms with Gasteiger partial charge in [-0.3, -0.25) is 4.79 Å². The molecule has 1 aromatic rings. The van der Waals surface area contributed by atoms with Crippen LogP contribution in [0.2, 0.25) is 0 Å². The molecule has 1 aliphatic carbocycles. The number of carbonyl (C=O) groups is 2. The van der Waals surface area contributed by atoms with E-state index in [9.17, 15) is 18.0 Å². The van der Waals surface area contributed by atoms with E-state index in [1.165, 1.54) is 18.6 Å². The third-order valence-corrected chi connectivity index (χ3v) is 5.27. The molecule has 26 heavy (non-hydrogen) atoms. The summed E-state index contributed by atoms with van der Waals surface area (Å²) in [5.74, 6) is -0.273. The summed E-state index contributed by atoms with van der Waals surface area (Å²) >= 11 is 0. The number of primary sulfonamides is 1. The molecule has 0 unspecified atom stereocenters. The first-order chi connectivity index (χ1) is 12.3. The zero-order valence-corrected chi connectivity index (χ0v) is 15.5. The number of sulfonamides is 1. The third-order valence-electron chi connectivity index (χ3n) is 4.34. The minimum Gasteiger partial charge on any atom is -0.354 e. The van der Waals surface area contributed by atoms with Crippen LogP contribution in [0.4, 0.5) is 4.79 Å². The van der Waals surface area contributed by atoms with Crippen molar-refractivity contribution in [2.24, 2.45) is 5.14 Å². The van der Waals surface area contributed by atoms with Gasteiger partial charge in [-0.05, 0) is 37.0 Å². The first-order valence-electron chi connectivity index (χ1n) is 8.77. The molecule has 144 valence electrons. The second-order valence-electron chi connectivity index (χ2n) is 6.45. The van der Waals surface area contributed by atoms with Crippen LogP contribution in [0.1, 0.15) is 37.7 Å². The molecule has 9 heteroatoms. The first-order valence-corrected chi connectivity index (χ1v) is 10.3. The average molecular weight is 382 g/mol. The molecular formula is C17H26N4O4S. The number of hydrogen-bond donors (Lipinski definition) is 4. The van der Waals surface area contributed by atoms with Gasteiger partial charge < -0.3 is 16.0 Å². The Morgan fingerprint density at radius 1 is 1.04 bits per heavy atom. The van der Waals surface area contributed by atoms with Gasteiger partial charge >= 0.3 is 6.03 Å². The van der Waals surface area contributed by atoms with Gasteiger partial charge in [-0.25, -0.2) is 18.4 Å². The van der Waals surface area contributed by atoms with Crippen molar-refractivity contribution >= 4 is 22.0 Å². The lowest BCUT2D eigenvalue weighted by molar-refractivity contribution is -0.120. The van der Waals surface area contributed by atoms with Crippen molar-refractivity contribution in [3.05, 3.63) is 29.8 Å². The van der Waals surface area contributed by atoms with E-state index in [0.717, 1.165) is 31.2 Å². The van der Waals surface area contributed by atoms with Crippen LogP contribution >= 0.6 is 0 Å². The fourth-order valence-electron chi connectivity index (χ4n) is 2.90. The summed E-state index contributed by atoms with van der Waals surface area (Å²) in [7, 11) is -3.70. The normalized spacial score (nSPS) is 15.3. The smallest absolute Gasteiger partial charge is 0.315 e. The molecule has 1 aliphatic rings. The molecule has 5 N–H and O–H groups in total. The molecule has 0 aliphatic heterocycles. The summed E-state index contributed by atoms with van der Waals surface area (Å²) in [5, 5.41) is 13.2. The van der Waals surface area contributed by atoms with Crippen LogP contribution in [0.15, 0.2) is 29.2 Å². The summed E-state index contributed by atoms with van der Waals surface area (Å²) in [4.78, 5) is 23.6. The van der Waals surface area contributed by atoms with Crippen LogP contribution in [0.5, 0.6) is 0 Å². The fourth-order valence-corrected chi connectivity index (χ4v) is 3.41. The topological polar surface area (TPSA) is 130 Å². The molecule has 0 bridgehead atoms. The van der Waals surface area contributed by atoms with E-state index in [4.69, 9.17) is 5.14 Å². The van der Waals surface area contributed by atoms with Crippen molar-refractivity contribution in [1.82, 2.24) is 16.0 Å². The van der Waals surface area contributed by atoms with Gasteiger partial charge in [-0.2, -0.15) is 0 Å². The third kappa shape index (κ3) is 7.01. The summed E-state index contributed by atoms with van der Waals surface area (Å²) in [6.07, 6.45) is 6.00. The Bertz CT molecular complexity index is 713. The Balaban J connectivity index is 1.63. The van der Waals surface area contributed by atoms with Gasteiger partial charge in [0.2, 0.25) is 15.9 Å². The molecule has 0 radical (unpaired) electrons. The Labute approximate surface area is 154 Å². The van der Waals surface area contributed by atoms with Crippen LogP contribution in [0.3, 0.4) is 0 Å². The van der Waals surface area contributed by atoms with E-state index in [1.807, 2.05) is 0 Å². The number of nitrogens with one attached hydrogen (secondary N) is 3. The Morgan fingerprint density at radius 3 is 2.31 bits per heavy atom. The average Bonchev–Trinajstić information content (AvgIpc) is 2.60. The maximum absolute atomic E-state index is 11.8. The van der Waals surface area contributed by atoms with E-state index in [-0.39, 0.29) is 29.4 Å². The summed E-state index contributed by atoms with van der Waals surface area (Å²) in [5.41, 5.74) is 0.876. The van der Waals surface area contributed by atoms with E-state index < -0.39 is 10.0 Å². The van der Waals surface area contributed by atoms with Crippen LogP contribution < -0.4 is 21.1 Å². The molecule has 1 aromatic carbocycles. The molecule has 0 spiro atoms. The van der Waals surface area contributed by atoms with Crippen molar-refractivity contribution in [3.63, 3.8) is 0 Å². The summed E-state index contributed by atoms with van der Waals surface area (Å²) < 4.78 is 22.4. The van der Waals surface area contributed by atoms with Crippen LogP contribution in [0, 0.1) is 0 Å². The Hall–Kier alpha value is -2.13.